The number of methoxy groups -OCH3 is 1. The van der Waals surface area contributed by atoms with Crippen molar-refractivity contribution in [2.24, 2.45) is 0 Å². The largest absolute Gasteiger partial charge is 0.469 e. The third-order valence-corrected chi connectivity index (χ3v) is 3.28. The Morgan fingerprint density at radius 3 is 2.94 bits per heavy atom. The molecule has 0 aliphatic carbocycles. The van der Waals surface area contributed by atoms with Crippen molar-refractivity contribution in [3.8, 4) is 0 Å². The number of carbonyl (C=O) groups is 1. The van der Waals surface area contributed by atoms with Crippen molar-refractivity contribution in [2.45, 2.75) is 5.92 Å². The molecule has 0 saturated heterocycles. The van der Waals surface area contributed by atoms with Gasteiger partial charge in [-0.15, -0.1) is 0 Å². The summed E-state index contributed by atoms with van der Waals surface area (Å²) in [5, 5.41) is 1.62. The number of hydrogen-bond donors (Lipinski definition) is 1. The molecule has 0 aliphatic heterocycles. The molecular formula is C12H12BrNO2. The van der Waals surface area contributed by atoms with Gasteiger partial charge >= 0.3 is 5.97 Å². The lowest BCUT2D eigenvalue weighted by molar-refractivity contribution is -0.141. The molecule has 3 nitrogen and oxygen atoms in total. The Hall–Kier alpha value is -1.29. The predicted molar refractivity (Wildman–Crippen MR) is 66.8 cm³/mol. The van der Waals surface area contributed by atoms with Gasteiger partial charge in [0.15, 0.2) is 0 Å². The summed E-state index contributed by atoms with van der Waals surface area (Å²) in [4.78, 5) is 14.8. The molecule has 0 amide bonds. The van der Waals surface area contributed by atoms with E-state index < -0.39 is 0 Å². The molecule has 0 bridgehead atoms. The van der Waals surface area contributed by atoms with Gasteiger partial charge in [0.2, 0.25) is 0 Å². The number of aromatic nitrogens is 1. The second-order valence-corrected chi connectivity index (χ2v) is 4.17. The van der Waals surface area contributed by atoms with Crippen LogP contribution in [0, 0.1) is 0 Å². The monoisotopic (exact) mass is 281 g/mol. The highest BCUT2D eigenvalue weighted by atomic mass is 79.9. The molecule has 16 heavy (non-hydrogen) atoms. The number of carbonyl (C=O) groups excluding carboxylic acids is 1. The van der Waals surface area contributed by atoms with Crippen molar-refractivity contribution < 1.29 is 9.53 Å². The van der Waals surface area contributed by atoms with Crippen LogP contribution in [0.15, 0.2) is 30.5 Å². The summed E-state index contributed by atoms with van der Waals surface area (Å²) in [6, 6.07) is 7.91. The van der Waals surface area contributed by atoms with Crippen LogP contribution in [0.2, 0.25) is 0 Å². The molecule has 0 radical (unpaired) electrons. The van der Waals surface area contributed by atoms with Gasteiger partial charge in [-0.3, -0.25) is 4.79 Å². The van der Waals surface area contributed by atoms with Gasteiger partial charge in [-0.25, -0.2) is 0 Å². The van der Waals surface area contributed by atoms with E-state index in [1.807, 2.05) is 30.5 Å². The number of hydrogen-bond acceptors (Lipinski definition) is 2. The van der Waals surface area contributed by atoms with Crippen molar-refractivity contribution in [2.75, 3.05) is 12.4 Å². The second-order valence-electron chi connectivity index (χ2n) is 3.52. The molecule has 1 heterocycles. The van der Waals surface area contributed by atoms with E-state index in [1.165, 1.54) is 7.11 Å². The fourth-order valence-corrected chi connectivity index (χ4v) is 2.41. The maximum atomic E-state index is 11.6. The maximum absolute atomic E-state index is 11.6. The molecule has 2 aromatic rings. The van der Waals surface area contributed by atoms with Crippen LogP contribution >= 0.6 is 15.9 Å². The van der Waals surface area contributed by atoms with Crippen LogP contribution < -0.4 is 0 Å². The first kappa shape index (κ1) is 11.2. The minimum Gasteiger partial charge on any atom is -0.469 e. The fraction of sp³-hybridized carbons (Fsp3) is 0.250. The summed E-state index contributed by atoms with van der Waals surface area (Å²) in [6.45, 7) is 0. The first-order valence-electron chi connectivity index (χ1n) is 4.97. The Kier molecular flexibility index (Phi) is 3.29. The summed E-state index contributed by atoms with van der Waals surface area (Å²) in [7, 11) is 1.41. The Balaban J connectivity index is 2.49. The number of nitrogens with one attached hydrogen (secondary N) is 1. The molecule has 1 N–H and O–H groups in total. The zero-order valence-electron chi connectivity index (χ0n) is 8.87. The predicted octanol–water partition coefficient (Wildman–Crippen LogP) is 2.82. The number of rotatable bonds is 3. The number of alkyl halides is 1. The number of halogens is 1. The van der Waals surface area contributed by atoms with Crippen LogP contribution in [0.1, 0.15) is 11.5 Å². The fourth-order valence-electron chi connectivity index (χ4n) is 1.80. The van der Waals surface area contributed by atoms with Gasteiger partial charge in [-0.05, 0) is 11.6 Å². The van der Waals surface area contributed by atoms with E-state index in [-0.39, 0.29) is 11.9 Å². The average molecular weight is 282 g/mol. The smallest absolute Gasteiger partial charge is 0.314 e. The second kappa shape index (κ2) is 4.70. The number of aromatic amines is 1. The molecule has 1 aromatic carbocycles. The van der Waals surface area contributed by atoms with Crippen molar-refractivity contribution >= 4 is 32.8 Å². The number of ether oxygens (including phenoxy) is 1. The van der Waals surface area contributed by atoms with E-state index in [0.717, 1.165) is 16.5 Å². The molecule has 0 aliphatic rings. The number of H-pyrrole nitrogens is 1. The van der Waals surface area contributed by atoms with E-state index in [9.17, 15) is 4.79 Å². The molecule has 4 heteroatoms. The Labute approximate surface area is 102 Å². The molecule has 1 atom stereocenters. The number of para-hydroxylation sites is 1. The molecule has 0 fully saturated rings. The third kappa shape index (κ3) is 1.85. The molecule has 0 spiro atoms. The van der Waals surface area contributed by atoms with Gasteiger partial charge in [-0.1, -0.05) is 34.1 Å². The minimum absolute atomic E-state index is 0.221. The van der Waals surface area contributed by atoms with Gasteiger partial charge in [0.05, 0.1) is 13.0 Å². The van der Waals surface area contributed by atoms with Crippen LogP contribution in [0.5, 0.6) is 0 Å². The molecule has 1 aromatic heterocycles. The van der Waals surface area contributed by atoms with Crippen LogP contribution in [0.25, 0.3) is 10.9 Å². The Bertz CT molecular complexity index is 506. The molecule has 2 rings (SSSR count). The molecule has 0 saturated carbocycles. The lowest BCUT2D eigenvalue weighted by Crippen LogP contribution is -2.15. The topological polar surface area (TPSA) is 42.1 Å². The van der Waals surface area contributed by atoms with Crippen molar-refractivity contribution in [1.82, 2.24) is 4.98 Å². The van der Waals surface area contributed by atoms with E-state index >= 15 is 0 Å². The average Bonchev–Trinajstić information content (AvgIpc) is 2.74. The lowest BCUT2D eigenvalue weighted by Gasteiger charge is -2.10. The van der Waals surface area contributed by atoms with Crippen molar-refractivity contribution in [3.05, 3.63) is 36.0 Å². The SMILES string of the molecule is COC(=O)C(CBr)c1c[nH]c2ccccc12. The summed E-state index contributed by atoms with van der Waals surface area (Å²) in [5.41, 5.74) is 2.01. The first-order chi connectivity index (χ1) is 7.77. The highest BCUT2D eigenvalue weighted by Crippen LogP contribution is 2.27. The first-order valence-corrected chi connectivity index (χ1v) is 6.10. The van der Waals surface area contributed by atoms with E-state index in [0.29, 0.717) is 5.33 Å². The van der Waals surface area contributed by atoms with E-state index in [4.69, 9.17) is 4.74 Å². The van der Waals surface area contributed by atoms with Gasteiger partial charge in [0.25, 0.3) is 0 Å². The quantitative estimate of drug-likeness (QED) is 0.694. The standard InChI is InChI=1S/C12H12BrNO2/c1-16-12(15)9(6-13)10-7-14-11-5-3-2-4-8(10)11/h2-5,7,9,14H,6H2,1H3. The summed E-state index contributed by atoms with van der Waals surface area (Å²) >= 11 is 3.35. The highest BCUT2D eigenvalue weighted by Gasteiger charge is 2.22. The van der Waals surface area contributed by atoms with E-state index in [1.54, 1.807) is 0 Å². The normalized spacial score (nSPS) is 12.6. The summed E-state index contributed by atoms with van der Waals surface area (Å²) in [5.74, 6) is -0.484. The number of esters is 1. The van der Waals surface area contributed by atoms with Crippen LogP contribution in [-0.2, 0) is 9.53 Å². The number of fused-ring (bicyclic) bond motifs is 1. The maximum Gasteiger partial charge on any atom is 0.314 e. The van der Waals surface area contributed by atoms with Gasteiger partial charge < -0.3 is 9.72 Å². The highest BCUT2D eigenvalue weighted by molar-refractivity contribution is 9.09. The van der Waals surface area contributed by atoms with Crippen molar-refractivity contribution in [1.29, 1.82) is 0 Å². The third-order valence-electron chi connectivity index (χ3n) is 2.64. The molecule has 84 valence electrons. The molecule has 1 unspecified atom stereocenters. The zero-order valence-corrected chi connectivity index (χ0v) is 10.5. The lowest BCUT2D eigenvalue weighted by atomic mass is 10.0. The zero-order chi connectivity index (χ0) is 11.5. The summed E-state index contributed by atoms with van der Waals surface area (Å²) in [6.07, 6.45) is 1.87. The Morgan fingerprint density at radius 2 is 2.25 bits per heavy atom. The van der Waals surface area contributed by atoms with Crippen LogP contribution in [-0.4, -0.2) is 23.4 Å². The van der Waals surface area contributed by atoms with Gasteiger partial charge in [-0.2, -0.15) is 0 Å². The van der Waals surface area contributed by atoms with Gasteiger partial charge in [0.1, 0.15) is 0 Å². The molecular weight excluding hydrogens is 270 g/mol. The minimum atomic E-state index is -0.263. The van der Waals surface area contributed by atoms with Crippen molar-refractivity contribution in [3.63, 3.8) is 0 Å². The number of benzene rings is 1. The van der Waals surface area contributed by atoms with Crippen LogP contribution in [0.4, 0.5) is 0 Å². The van der Waals surface area contributed by atoms with Crippen LogP contribution in [0.3, 0.4) is 0 Å². The summed E-state index contributed by atoms with van der Waals surface area (Å²) < 4.78 is 4.79. The Morgan fingerprint density at radius 1 is 1.50 bits per heavy atom. The van der Waals surface area contributed by atoms with E-state index in [2.05, 4.69) is 20.9 Å². The van der Waals surface area contributed by atoms with Gasteiger partial charge in [0, 0.05) is 22.4 Å².